The van der Waals surface area contributed by atoms with Crippen LogP contribution in [-0.4, -0.2) is 47.9 Å². The Balaban J connectivity index is 4.04. The molecule has 0 aromatic carbocycles. The first-order valence-corrected chi connectivity index (χ1v) is 6.03. The molecular weight excluding hydrogens is 212 g/mol. The Hall–Kier alpha value is -0.710. The molecule has 0 aliphatic heterocycles. The van der Waals surface area contributed by atoms with Crippen LogP contribution < -0.4 is 5.32 Å². The summed E-state index contributed by atoms with van der Waals surface area (Å²) in [6.07, 6.45) is 0. The molecule has 0 heterocycles. The number of amides is 2. The molecule has 4 nitrogen and oxygen atoms in total. The minimum Gasteiger partial charge on any atom is -0.358 e. The Morgan fingerprint density at radius 2 is 1.87 bits per heavy atom. The smallest absolute Gasteiger partial charge is 0.235 e. The Bertz CT molecular complexity index is 231. The number of thioether (sulfide) groups is 1. The molecular formula is C10H20N2O2S. The number of carbonyl (C=O) groups is 2. The molecule has 0 aromatic heterocycles. The second-order valence-electron chi connectivity index (χ2n) is 3.67. The third-order valence-corrected chi connectivity index (χ3v) is 3.34. The van der Waals surface area contributed by atoms with Crippen molar-refractivity contribution in [3.05, 3.63) is 0 Å². The predicted molar refractivity (Wildman–Crippen MR) is 63.9 cm³/mol. The van der Waals surface area contributed by atoms with Crippen molar-refractivity contribution in [3.8, 4) is 0 Å². The lowest BCUT2D eigenvalue weighted by Crippen LogP contribution is -2.38. The van der Waals surface area contributed by atoms with Gasteiger partial charge in [0.15, 0.2) is 0 Å². The lowest BCUT2D eigenvalue weighted by atomic mass is 10.3. The number of nitrogens with one attached hydrogen (secondary N) is 1. The second-order valence-corrected chi connectivity index (χ2v) is 5.00. The number of hydrogen-bond donors (Lipinski definition) is 1. The van der Waals surface area contributed by atoms with E-state index in [9.17, 15) is 9.59 Å². The van der Waals surface area contributed by atoms with Gasteiger partial charge in [-0.1, -0.05) is 0 Å². The van der Waals surface area contributed by atoms with Crippen molar-refractivity contribution < 1.29 is 9.59 Å². The molecule has 0 aliphatic rings. The van der Waals surface area contributed by atoms with E-state index < -0.39 is 0 Å². The van der Waals surface area contributed by atoms with Crippen LogP contribution in [0, 0.1) is 0 Å². The normalized spacial score (nSPS) is 12.4. The molecule has 0 unspecified atom stereocenters. The van der Waals surface area contributed by atoms with Gasteiger partial charge >= 0.3 is 0 Å². The maximum atomic E-state index is 11.8. The molecule has 88 valence electrons. The Morgan fingerprint density at radius 1 is 1.33 bits per heavy atom. The van der Waals surface area contributed by atoms with Crippen molar-refractivity contribution in [3.63, 3.8) is 0 Å². The molecule has 0 aromatic rings. The van der Waals surface area contributed by atoms with Crippen LogP contribution in [0.4, 0.5) is 0 Å². The van der Waals surface area contributed by atoms with Crippen LogP contribution in [0.3, 0.4) is 0 Å². The summed E-state index contributed by atoms with van der Waals surface area (Å²) >= 11 is 1.36. The third-order valence-electron chi connectivity index (χ3n) is 2.21. The van der Waals surface area contributed by atoms with E-state index in [-0.39, 0.29) is 23.1 Å². The molecule has 0 fully saturated rings. The third kappa shape index (κ3) is 5.06. The summed E-state index contributed by atoms with van der Waals surface area (Å²) in [5.41, 5.74) is 0. The van der Waals surface area contributed by atoms with E-state index in [0.717, 1.165) is 0 Å². The molecule has 0 bridgehead atoms. The van der Waals surface area contributed by atoms with Crippen molar-refractivity contribution in [2.75, 3.05) is 19.8 Å². The Kier molecular flexibility index (Phi) is 6.40. The zero-order chi connectivity index (χ0) is 12.0. The first-order chi connectivity index (χ1) is 6.90. The number of nitrogens with zero attached hydrogens (tertiary/aromatic N) is 1. The van der Waals surface area contributed by atoms with E-state index in [1.807, 2.05) is 20.8 Å². The van der Waals surface area contributed by atoms with Gasteiger partial charge in [-0.05, 0) is 20.8 Å². The van der Waals surface area contributed by atoms with E-state index >= 15 is 0 Å². The summed E-state index contributed by atoms with van der Waals surface area (Å²) < 4.78 is 0. The molecule has 1 N–H and O–H groups in total. The van der Waals surface area contributed by atoms with E-state index in [0.29, 0.717) is 5.75 Å². The fraction of sp³-hybridized carbons (Fsp3) is 0.800. The molecule has 0 saturated carbocycles. The minimum atomic E-state index is -0.172. The van der Waals surface area contributed by atoms with Crippen molar-refractivity contribution in [2.45, 2.75) is 32.1 Å². The van der Waals surface area contributed by atoms with Gasteiger partial charge in [0.2, 0.25) is 11.8 Å². The summed E-state index contributed by atoms with van der Waals surface area (Å²) in [6.45, 7) is 5.76. The number of carbonyl (C=O) groups excluding carboxylic acids is 2. The highest BCUT2D eigenvalue weighted by Crippen LogP contribution is 2.13. The molecule has 0 spiro atoms. The first kappa shape index (κ1) is 14.3. The second kappa shape index (κ2) is 6.71. The van der Waals surface area contributed by atoms with Gasteiger partial charge in [-0.25, -0.2) is 0 Å². The van der Waals surface area contributed by atoms with Crippen LogP contribution in [0.25, 0.3) is 0 Å². The zero-order valence-corrected chi connectivity index (χ0v) is 10.9. The van der Waals surface area contributed by atoms with Gasteiger partial charge in [0, 0.05) is 20.1 Å². The zero-order valence-electron chi connectivity index (χ0n) is 10.0. The molecule has 0 saturated heterocycles. The largest absolute Gasteiger partial charge is 0.358 e. The van der Waals surface area contributed by atoms with Gasteiger partial charge in [-0.2, -0.15) is 0 Å². The fourth-order valence-electron chi connectivity index (χ4n) is 0.885. The van der Waals surface area contributed by atoms with Crippen molar-refractivity contribution in [1.82, 2.24) is 10.2 Å². The lowest BCUT2D eigenvalue weighted by Gasteiger charge is -2.24. The monoisotopic (exact) mass is 232 g/mol. The minimum absolute atomic E-state index is 0.0492. The average molecular weight is 232 g/mol. The number of rotatable bonds is 5. The van der Waals surface area contributed by atoms with Crippen LogP contribution in [0.5, 0.6) is 0 Å². The summed E-state index contributed by atoms with van der Waals surface area (Å²) in [7, 11) is 3.37. The van der Waals surface area contributed by atoms with Crippen LogP contribution >= 0.6 is 11.8 Å². The summed E-state index contributed by atoms with van der Waals surface area (Å²) in [5.74, 6) is 0.348. The van der Waals surface area contributed by atoms with Crippen LogP contribution in [0.2, 0.25) is 0 Å². The van der Waals surface area contributed by atoms with E-state index in [1.54, 1.807) is 19.0 Å². The van der Waals surface area contributed by atoms with Crippen molar-refractivity contribution >= 4 is 23.6 Å². The standard InChI is InChI=1S/C10H20N2O2S/c1-7(2)12(5)10(14)8(3)15-6-9(13)11-4/h7-8H,6H2,1-5H3,(H,11,13)/t8-/m0/s1. The topological polar surface area (TPSA) is 49.4 Å². The molecule has 0 radical (unpaired) electrons. The van der Waals surface area contributed by atoms with E-state index in [2.05, 4.69) is 5.32 Å². The van der Waals surface area contributed by atoms with Gasteiger partial charge in [-0.3, -0.25) is 9.59 Å². The highest BCUT2D eigenvalue weighted by molar-refractivity contribution is 8.01. The summed E-state index contributed by atoms with van der Waals surface area (Å²) in [5, 5.41) is 2.35. The van der Waals surface area contributed by atoms with E-state index in [1.165, 1.54) is 11.8 Å². The highest BCUT2D eigenvalue weighted by Gasteiger charge is 2.20. The lowest BCUT2D eigenvalue weighted by molar-refractivity contribution is -0.130. The SMILES string of the molecule is CNC(=O)CS[C@@H](C)C(=O)N(C)C(C)C. The first-order valence-electron chi connectivity index (χ1n) is 4.99. The predicted octanol–water partition coefficient (Wildman–Crippen LogP) is 0.721. The van der Waals surface area contributed by atoms with Crippen molar-refractivity contribution in [1.29, 1.82) is 0 Å². The number of hydrogen-bond acceptors (Lipinski definition) is 3. The molecule has 0 rings (SSSR count). The van der Waals surface area contributed by atoms with Crippen LogP contribution in [-0.2, 0) is 9.59 Å². The molecule has 15 heavy (non-hydrogen) atoms. The van der Waals surface area contributed by atoms with Crippen LogP contribution in [0.15, 0.2) is 0 Å². The Labute approximate surface area is 95.8 Å². The maximum Gasteiger partial charge on any atom is 0.235 e. The van der Waals surface area contributed by atoms with Gasteiger partial charge < -0.3 is 10.2 Å². The molecule has 1 atom stereocenters. The average Bonchev–Trinajstić information content (AvgIpc) is 2.22. The fourth-order valence-corrected chi connectivity index (χ4v) is 1.74. The quantitative estimate of drug-likeness (QED) is 0.760. The highest BCUT2D eigenvalue weighted by atomic mass is 32.2. The van der Waals surface area contributed by atoms with Crippen molar-refractivity contribution in [2.24, 2.45) is 0 Å². The molecule has 2 amide bonds. The maximum absolute atomic E-state index is 11.8. The van der Waals surface area contributed by atoms with Crippen LogP contribution in [0.1, 0.15) is 20.8 Å². The summed E-state index contributed by atoms with van der Waals surface area (Å²) in [6, 6.07) is 0.195. The van der Waals surface area contributed by atoms with Gasteiger partial charge in [0.05, 0.1) is 11.0 Å². The van der Waals surface area contributed by atoms with E-state index in [4.69, 9.17) is 0 Å². The van der Waals surface area contributed by atoms with Gasteiger partial charge in [-0.15, -0.1) is 11.8 Å². The molecule has 0 aliphatic carbocycles. The Morgan fingerprint density at radius 3 is 2.27 bits per heavy atom. The summed E-state index contributed by atoms with van der Waals surface area (Å²) in [4.78, 5) is 24.4. The molecule has 5 heteroatoms. The van der Waals surface area contributed by atoms with Gasteiger partial charge in [0.1, 0.15) is 0 Å². The van der Waals surface area contributed by atoms with Gasteiger partial charge in [0.25, 0.3) is 0 Å².